The maximum Gasteiger partial charge on any atom is 0.243 e. The molecule has 0 aliphatic carbocycles. The predicted octanol–water partition coefficient (Wildman–Crippen LogP) is 4.50. The number of aryl methyl sites for hydroxylation is 2. The molecule has 3 aromatic rings. The number of halogens is 1. The van der Waals surface area contributed by atoms with Crippen molar-refractivity contribution in [2.75, 3.05) is 39.3 Å². The maximum absolute atomic E-state index is 13.6. The van der Waals surface area contributed by atoms with Crippen LogP contribution >= 0.6 is 0 Å². The van der Waals surface area contributed by atoms with E-state index in [2.05, 4.69) is 0 Å². The molecule has 240 valence electrons. The Morgan fingerprint density at radius 2 is 0.644 bits per heavy atom. The third-order valence-electron chi connectivity index (χ3n) is 7.12. The van der Waals surface area contributed by atoms with E-state index in [1.165, 1.54) is 45.0 Å². The van der Waals surface area contributed by atoms with E-state index in [9.17, 15) is 29.6 Å². The molecule has 0 radical (unpaired) electrons. The van der Waals surface area contributed by atoms with Crippen molar-refractivity contribution in [2.45, 2.75) is 28.5 Å². The maximum atomic E-state index is 13.6. The van der Waals surface area contributed by atoms with Crippen LogP contribution in [0.2, 0.25) is 0 Å². The summed E-state index contributed by atoms with van der Waals surface area (Å²) >= 11 is 0. The number of hydrogen-bond donors (Lipinski definition) is 0. The molecule has 1 heterocycles. The molecule has 9 nitrogen and oxygen atoms in total. The number of hydrogen-bond acceptors (Lipinski definition) is 6. The van der Waals surface area contributed by atoms with Crippen LogP contribution in [0.25, 0.3) is 0 Å². The second-order valence-corrected chi connectivity index (χ2v) is 16.3. The highest BCUT2D eigenvalue weighted by Crippen LogP contribution is 2.20. The van der Waals surface area contributed by atoms with Crippen molar-refractivity contribution >= 4 is 30.1 Å². The first-order valence-corrected chi connectivity index (χ1v) is 18.5. The topological polar surface area (TPSA) is 112 Å². The quantitative estimate of drug-likeness (QED) is 0.357. The number of sulfonamides is 3. The molecule has 0 amide bonds. The van der Waals surface area contributed by atoms with Crippen molar-refractivity contribution in [3.63, 3.8) is 0 Å². The van der Waals surface area contributed by atoms with E-state index < -0.39 is 35.9 Å². The van der Waals surface area contributed by atoms with Gasteiger partial charge < -0.3 is 0 Å². The lowest BCUT2D eigenvalue weighted by Crippen LogP contribution is -2.33. The molecule has 0 fully saturated rings. The Bertz CT molecular complexity index is 1630. The van der Waals surface area contributed by atoms with Gasteiger partial charge in [-0.15, -0.1) is 0 Å². The van der Waals surface area contributed by atoms with Crippen molar-refractivity contribution in [2.24, 2.45) is 0 Å². The monoisotopic (exact) mass is 673 g/mol. The molecule has 13 heteroatoms. The lowest BCUT2D eigenvalue weighted by atomic mass is 10.2. The number of rotatable bonds is 6. The molecule has 3 aromatic carbocycles. The van der Waals surface area contributed by atoms with Gasteiger partial charge in [-0.25, -0.2) is 29.6 Å². The normalized spacial score (nSPS) is 19.3. The summed E-state index contributed by atoms with van der Waals surface area (Å²) in [6.07, 6.45) is 9.47. The van der Waals surface area contributed by atoms with E-state index in [4.69, 9.17) is 0 Å². The minimum Gasteiger partial charge on any atom is -0.207 e. The molecular weight excluding hydrogens is 638 g/mol. The van der Waals surface area contributed by atoms with E-state index in [1.807, 2.05) is 13.8 Å². The van der Waals surface area contributed by atoms with Gasteiger partial charge in [-0.2, -0.15) is 12.9 Å². The molecule has 45 heavy (non-hydrogen) atoms. The van der Waals surface area contributed by atoms with Gasteiger partial charge >= 0.3 is 0 Å². The van der Waals surface area contributed by atoms with Crippen LogP contribution in [-0.4, -0.2) is 77.4 Å². The Balaban J connectivity index is 1.70. The molecule has 0 saturated heterocycles. The first-order chi connectivity index (χ1) is 21.3. The zero-order valence-electron chi connectivity index (χ0n) is 25.0. The third-order valence-corrected chi connectivity index (χ3v) is 12.7. The van der Waals surface area contributed by atoms with Gasteiger partial charge in [-0.1, -0.05) is 71.8 Å². The van der Waals surface area contributed by atoms with Crippen molar-refractivity contribution < 1.29 is 29.6 Å². The van der Waals surface area contributed by atoms with E-state index in [1.54, 1.807) is 60.7 Å². The summed E-state index contributed by atoms with van der Waals surface area (Å²) in [6, 6.07) is 17.3. The molecule has 4 rings (SSSR count). The molecule has 0 bridgehead atoms. The summed E-state index contributed by atoms with van der Waals surface area (Å²) in [7, 11) is -12.0. The fourth-order valence-electron chi connectivity index (χ4n) is 4.44. The SMILES string of the molecule is Cc1ccc(S(=O)(=O)N2C/C=C/CN(S(=O)(=O)c3ccc(C)cc3)C/C=C/CN(S(=O)(=O)c3ccc(F)cc3)C/C=C/C2)cc1. The smallest absolute Gasteiger partial charge is 0.207 e. The molecule has 0 unspecified atom stereocenters. The number of benzene rings is 3. The second-order valence-electron chi connectivity index (χ2n) is 10.5. The zero-order chi connectivity index (χ0) is 32.7. The first-order valence-electron chi connectivity index (χ1n) is 14.2. The van der Waals surface area contributed by atoms with Gasteiger partial charge in [0.25, 0.3) is 0 Å². The molecule has 0 spiro atoms. The average Bonchev–Trinajstić information content (AvgIpc) is 3.01. The Kier molecular flexibility index (Phi) is 11.3. The van der Waals surface area contributed by atoms with Crippen molar-refractivity contribution in [3.8, 4) is 0 Å². The molecule has 0 aromatic heterocycles. The largest absolute Gasteiger partial charge is 0.243 e. The van der Waals surface area contributed by atoms with E-state index in [0.29, 0.717) is 0 Å². The van der Waals surface area contributed by atoms with Gasteiger partial charge in [0.05, 0.1) is 14.7 Å². The summed E-state index contributed by atoms with van der Waals surface area (Å²) in [5, 5.41) is 0. The summed E-state index contributed by atoms with van der Waals surface area (Å²) in [5.41, 5.74) is 1.80. The Hall–Kier alpha value is -3.46. The first kappa shape index (κ1) is 34.4. The van der Waals surface area contributed by atoms with Gasteiger partial charge in [0, 0.05) is 39.3 Å². The molecule has 1 aliphatic rings. The highest BCUT2D eigenvalue weighted by molar-refractivity contribution is 7.89. The van der Waals surface area contributed by atoms with Crippen LogP contribution in [0.1, 0.15) is 11.1 Å². The van der Waals surface area contributed by atoms with Crippen LogP contribution in [0, 0.1) is 19.7 Å². The predicted molar refractivity (Wildman–Crippen MR) is 172 cm³/mol. The third kappa shape index (κ3) is 8.63. The van der Waals surface area contributed by atoms with Gasteiger partial charge in [-0.05, 0) is 62.4 Å². The van der Waals surface area contributed by atoms with Crippen molar-refractivity contribution in [3.05, 3.63) is 126 Å². The molecule has 0 atom stereocenters. The zero-order valence-corrected chi connectivity index (χ0v) is 27.5. The lowest BCUT2D eigenvalue weighted by molar-refractivity contribution is 0.465. The summed E-state index contributed by atoms with van der Waals surface area (Å²) < 4.78 is 98.4. The number of nitrogens with zero attached hydrogens (tertiary/aromatic N) is 3. The van der Waals surface area contributed by atoms with Crippen LogP contribution in [-0.2, 0) is 30.1 Å². The van der Waals surface area contributed by atoms with Gasteiger partial charge in [0.15, 0.2) is 0 Å². The van der Waals surface area contributed by atoms with Gasteiger partial charge in [0.2, 0.25) is 30.1 Å². The summed E-state index contributed by atoms with van der Waals surface area (Å²) in [6.45, 7) is 3.26. The van der Waals surface area contributed by atoms with Crippen molar-refractivity contribution in [1.82, 2.24) is 12.9 Å². The highest BCUT2D eigenvalue weighted by atomic mass is 32.2. The minimum atomic E-state index is -4.08. The highest BCUT2D eigenvalue weighted by Gasteiger charge is 2.26. The summed E-state index contributed by atoms with van der Waals surface area (Å²) in [5.74, 6) is -0.579. The van der Waals surface area contributed by atoms with E-state index in [-0.39, 0.29) is 54.0 Å². The molecule has 1 aliphatic heterocycles. The molecule has 0 N–H and O–H groups in total. The van der Waals surface area contributed by atoms with Gasteiger partial charge in [-0.3, -0.25) is 0 Å². The van der Waals surface area contributed by atoms with Crippen LogP contribution in [0.4, 0.5) is 4.39 Å². The van der Waals surface area contributed by atoms with Crippen LogP contribution < -0.4 is 0 Å². The van der Waals surface area contributed by atoms with Crippen LogP contribution in [0.15, 0.2) is 124 Å². The fourth-order valence-corrected chi connectivity index (χ4v) is 8.47. The Morgan fingerprint density at radius 3 is 0.889 bits per heavy atom. The fraction of sp³-hybridized carbons (Fsp3) is 0.250. The Labute approximate surface area is 265 Å². The molecular formula is C32H36FN3O6S3. The Morgan fingerprint density at radius 1 is 0.422 bits per heavy atom. The van der Waals surface area contributed by atoms with Crippen molar-refractivity contribution in [1.29, 1.82) is 0 Å². The second kappa shape index (κ2) is 14.8. The van der Waals surface area contributed by atoms with E-state index in [0.717, 1.165) is 27.6 Å². The van der Waals surface area contributed by atoms with Crippen LogP contribution in [0.5, 0.6) is 0 Å². The lowest BCUT2D eigenvalue weighted by Gasteiger charge is -2.21. The van der Waals surface area contributed by atoms with Crippen LogP contribution in [0.3, 0.4) is 0 Å². The average molecular weight is 674 g/mol. The standard InChI is InChI=1S/C32H36FN3O6S3/c1-27-9-15-30(16-10-27)43(37,38)34-21-3-4-22-35(44(39,40)31-17-11-28(2)12-18-31)24-6-8-26-36(25-7-5-23-34)45(41,42)32-19-13-29(33)14-20-32/h3-20H,21-26H2,1-2H3/b4-3+,7-5+,8-6+. The minimum absolute atomic E-state index is 0.0492. The summed E-state index contributed by atoms with van der Waals surface area (Å²) in [4.78, 5) is 0.0854. The van der Waals surface area contributed by atoms with E-state index >= 15 is 0 Å². The molecule has 0 saturated carbocycles. The van der Waals surface area contributed by atoms with Gasteiger partial charge in [0.1, 0.15) is 5.82 Å².